The molecule has 2 aromatic carbocycles. The fourth-order valence-corrected chi connectivity index (χ4v) is 2.91. The molecule has 5 nitrogen and oxygen atoms in total. The van der Waals surface area contributed by atoms with E-state index in [1.807, 2.05) is 35.2 Å². The highest BCUT2D eigenvalue weighted by Gasteiger charge is 2.16. The summed E-state index contributed by atoms with van der Waals surface area (Å²) in [5, 5.41) is 3.19. The number of ether oxygens (including phenoxy) is 2. The minimum atomic E-state index is 0.0995. The summed E-state index contributed by atoms with van der Waals surface area (Å²) >= 11 is 0. The maximum atomic E-state index is 12.2. The zero-order valence-electron chi connectivity index (χ0n) is 15.0. The Hall–Kier alpha value is -2.53. The Labute approximate surface area is 154 Å². The molecular weight excluding hydrogens is 328 g/mol. The Morgan fingerprint density at radius 3 is 2.69 bits per heavy atom. The predicted octanol–water partition coefficient (Wildman–Crippen LogP) is 2.97. The second kappa shape index (κ2) is 9.82. The molecule has 0 unspecified atom stereocenters. The first-order chi connectivity index (χ1) is 12.8. The summed E-state index contributed by atoms with van der Waals surface area (Å²) < 4.78 is 11.1. The molecule has 1 heterocycles. The van der Waals surface area contributed by atoms with Crippen molar-refractivity contribution in [2.75, 3.05) is 44.8 Å². The van der Waals surface area contributed by atoms with Crippen LogP contribution >= 0.6 is 0 Å². The van der Waals surface area contributed by atoms with Crippen molar-refractivity contribution in [3.63, 3.8) is 0 Å². The number of rotatable bonds is 8. The van der Waals surface area contributed by atoms with Crippen LogP contribution in [-0.2, 0) is 16.0 Å². The zero-order chi connectivity index (χ0) is 18.0. The highest BCUT2D eigenvalue weighted by atomic mass is 16.5. The van der Waals surface area contributed by atoms with Crippen molar-refractivity contribution in [3.05, 3.63) is 60.2 Å². The lowest BCUT2D eigenvalue weighted by molar-refractivity contribution is -0.133. The molecular formula is C21H26N2O3. The van der Waals surface area contributed by atoms with E-state index >= 15 is 0 Å². The zero-order valence-corrected chi connectivity index (χ0v) is 15.0. The van der Waals surface area contributed by atoms with Gasteiger partial charge in [0, 0.05) is 24.8 Å². The number of aryl methyl sites for hydroxylation is 1. The molecule has 0 spiro atoms. The van der Waals surface area contributed by atoms with Gasteiger partial charge in [0.25, 0.3) is 0 Å². The first kappa shape index (κ1) is 18.3. The standard InChI is InChI=1S/C21H26N2O3/c24-21(23-11-14-25-15-12-23)17-22-19-9-4-10-20(16-19)26-13-5-8-18-6-2-1-3-7-18/h1-4,6-7,9-10,16,22H,5,8,11-15,17H2. The van der Waals surface area contributed by atoms with Crippen LogP contribution in [0.25, 0.3) is 0 Å². The number of hydrogen-bond acceptors (Lipinski definition) is 4. The number of hydrogen-bond donors (Lipinski definition) is 1. The maximum absolute atomic E-state index is 12.2. The van der Waals surface area contributed by atoms with Crippen LogP contribution in [0.4, 0.5) is 5.69 Å². The molecule has 1 saturated heterocycles. The van der Waals surface area contributed by atoms with Crippen LogP contribution in [0.5, 0.6) is 5.75 Å². The predicted molar refractivity (Wildman–Crippen MR) is 103 cm³/mol. The van der Waals surface area contributed by atoms with Gasteiger partial charge in [0.1, 0.15) is 5.75 Å². The van der Waals surface area contributed by atoms with E-state index in [4.69, 9.17) is 9.47 Å². The molecule has 5 heteroatoms. The molecule has 0 aliphatic carbocycles. The topological polar surface area (TPSA) is 50.8 Å². The molecule has 1 amide bonds. The Kier molecular flexibility index (Phi) is 6.90. The Bertz CT molecular complexity index is 685. The third-order valence-corrected chi connectivity index (χ3v) is 4.36. The van der Waals surface area contributed by atoms with Gasteiger partial charge in [0.15, 0.2) is 0 Å². The lowest BCUT2D eigenvalue weighted by atomic mass is 10.1. The Balaban J connectivity index is 1.40. The minimum absolute atomic E-state index is 0.0995. The Morgan fingerprint density at radius 2 is 1.88 bits per heavy atom. The largest absolute Gasteiger partial charge is 0.494 e. The van der Waals surface area contributed by atoms with Crippen molar-refractivity contribution in [2.24, 2.45) is 0 Å². The number of carbonyl (C=O) groups excluding carboxylic acids is 1. The van der Waals surface area contributed by atoms with Crippen molar-refractivity contribution in [1.82, 2.24) is 4.90 Å². The number of nitrogens with zero attached hydrogens (tertiary/aromatic N) is 1. The van der Waals surface area contributed by atoms with Crippen molar-refractivity contribution in [1.29, 1.82) is 0 Å². The third kappa shape index (κ3) is 5.77. The van der Waals surface area contributed by atoms with Crippen molar-refractivity contribution >= 4 is 11.6 Å². The summed E-state index contributed by atoms with van der Waals surface area (Å²) in [7, 11) is 0. The number of anilines is 1. The Morgan fingerprint density at radius 1 is 1.08 bits per heavy atom. The summed E-state index contributed by atoms with van der Waals surface area (Å²) in [6.45, 7) is 3.55. The molecule has 0 radical (unpaired) electrons. The smallest absolute Gasteiger partial charge is 0.242 e. The van der Waals surface area contributed by atoms with Gasteiger partial charge in [-0.25, -0.2) is 0 Å². The highest BCUT2D eigenvalue weighted by molar-refractivity contribution is 5.81. The number of benzene rings is 2. The van der Waals surface area contributed by atoms with E-state index in [9.17, 15) is 4.79 Å². The van der Waals surface area contributed by atoms with Crippen LogP contribution in [0.3, 0.4) is 0 Å². The molecule has 1 aliphatic heterocycles. The van der Waals surface area contributed by atoms with Crippen molar-refractivity contribution in [3.8, 4) is 5.75 Å². The SMILES string of the molecule is O=C(CNc1cccc(OCCCc2ccccc2)c1)N1CCOCC1. The minimum Gasteiger partial charge on any atom is -0.494 e. The van der Waals surface area contributed by atoms with Crippen LogP contribution in [-0.4, -0.2) is 50.3 Å². The molecule has 26 heavy (non-hydrogen) atoms. The number of carbonyl (C=O) groups is 1. The average Bonchev–Trinajstić information content (AvgIpc) is 2.71. The fraction of sp³-hybridized carbons (Fsp3) is 0.381. The van der Waals surface area contributed by atoms with Gasteiger partial charge in [0.05, 0.1) is 26.4 Å². The lowest BCUT2D eigenvalue weighted by Crippen LogP contribution is -2.43. The summed E-state index contributed by atoms with van der Waals surface area (Å²) in [6.07, 6.45) is 1.98. The summed E-state index contributed by atoms with van der Waals surface area (Å²) in [6, 6.07) is 18.2. The molecule has 2 aromatic rings. The van der Waals surface area contributed by atoms with Gasteiger partial charge < -0.3 is 19.7 Å². The van der Waals surface area contributed by atoms with E-state index in [1.165, 1.54) is 5.56 Å². The van der Waals surface area contributed by atoms with Gasteiger partial charge in [0.2, 0.25) is 5.91 Å². The molecule has 0 saturated carbocycles. The molecule has 0 bridgehead atoms. The molecule has 1 fully saturated rings. The average molecular weight is 354 g/mol. The van der Waals surface area contributed by atoms with E-state index in [2.05, 4.69) is 29.6 Å². The number of nitrogens with one attached hydrogen (secondary N) is 1. The first-order valence-electron chi connectivity index (χ1n) is 9.17. The van der Waals surface area contributed by atoms with Gasteiger partial charge in [-0.3, -0.25) is 4.79 Å². The normalized spacial score (nSPS) is 14.1. The number of amides is 1. The highest BCUT2D eigenvalue weighted by Crippen LogP contribution is 2.17. The molecule has 138 valence electrons. The fourth-order valence-electron chi connectivity index (χ4n) is 2.91. The van der Waals surface area contributed by atoms with E-state index in [0.717, 1.165) is 24.3 Å². The van der Waals surface area contributed by atoms with Crippen LogP contribution in [0, 0.1) is 0 Å². The molecule has 1 N–H and O–H groups in total. The van der Waals surface area contributed by atoms with E-state index in [1.54, 1.807) is 0 Å². The van der Waals surface area contributed by atoms with Crippen LogP contribution in [0.2, 0.25) is 0 Å². The molecule has 1 aliphatic rings. The number of morpholine rings is 1. The van der Waals surface area contributed by atoms with Gasteiger partial charge in [-0.2, -0.15) is 0 Å². The van der Waals surface area contributed by atoms with Crippen LogP contribution in [0.1, 0.15) is 12.0 Å². The monoisotopic (exact) mass is 354 g/mol. The summed E-state index contributed by atoms with van der Waals surface area (Å²) in [4.78, 5) is 14.0. The van der Waals surface area contributed by atoms with Crippen molar-refractivity contribution < 1.29 is 14.3 Å². The molecule has 0 atom stereocenters. The van der Waals surface area contributed by atoms with E-state index in [0.29, 0.717) is 32.9 Å². The van der Waals surface area contributed by atoms with Gasteiger partial charge >= 0.3 is 0 Å². The van der Waals surface area contributed by atoms with Crippen LogP contribution < -0.4 is 10.1 Å². The molecule has 3 rings (SSSR count). The van der Waals surface area contributed by atoms with E-state index in [-0.39, 0.29) is 12.5 Å². The summed E-state index contributed by atoms with van der Waals surface area (Å²) in [5.74, 6) is 0.921. The lowest BCUT2D eigenvalue weighted by Gasteiger charge is -2.27. The summed E-state index contributed by atoms with van der Waals surface area (Å²) in [5.41, 5.74) is 2.22. The quantitative estimate of drug-likeness (QED) is 0.741. The van der Waals surface area contributed by atoms with Crippen LogP contribution in [0.15, 0.2) is 54.6 Å². The maximum Gasteiger partial charge on any atom is 0.242 e. The van der Waals surface area contributed by atoms with Crippen molar-refractivity contribution in [2.45, 2.75) is 12.8 Å². The second-order valence-electron chi connectivity index (χ2n) is 6.31. The second-order valence-corrected chi connectivity index (χ2v) is 6.31. The first-order valence-corrected chi connectivity index (χ1v) is 9.17. The van der Waals surface area contributed by atoms with Gasteiger partial charge in [-0.15, -0.1) is 0 Å². The van der Waals surface area contributed by atoms with E-state index < -0.39 is 0 Å². The molecule has 0 aromatic heterocycles. The van der Waals surface area contributed by atoms with Gasteiger partial charge in [-0.1, -0.05) is 36.4 Å². The van der Waals surface area contributed by atoms with Gasteiger partial charge in [-0.05, 0) is 30.5 Å². The third-order valence-electron chi connectivity index (χ3n) is 4.36.